The van der Waals surface area contributed by atoms with Gasteiger partial charge in [-0.2, -0.15) is 0 Å². The summed E-state index contributed by atoms with van der Waals surface area (Å²) in [6.45, 7) is -0.549. The third kappa shape index (κ3) is 4.94. The minimum atomic E-state index is -4.05. The van der Waals surface area contributed by atoms with Gasteiger partial charge < -0.3 is 10.1 Å². The highest BCUT2D eigenvalue weighted by molar-refractivity contribution is 7.89. The maximum absolute atomic E-state index is 12.2. The first-order chi connectivity index (χ1) is 11.2. The summed E-state index contributed by atoms with van der Waals surface area (Å²) in [6, 6.07) is 3.54. The first kappa shape index (κ1) is 19.9. The number of rotatable bonds is 7. The van der Waals surface area contributed by atoms with Crippen molar-refractivity contribution in [3.8, 4) is 12.3 Å². The number of nitrogens with zero attached hydrogens (tertiary/aromatic N) is 1. The number of nitrogens with one attached hydrogen (secondary N) is 1. The monoisotopic (exact) mass is 374 g/mol. The van der Waals surface area contributed by atoms with Gasteiger partial charge in [-0.3, -0.25) is 9.63 Å². The molecule has 1 aromatic rings. The molecule has 0 spiro atoms. The normalized spacial score (nSPS) is 11.0. The Balaban J connectivity index is 2.95. The van der Waals surface area contributed by atoms with Crippen molar-refractivity contribution in [2.45, 2.75) is 4.90 Å². The maximum atomic E-state index is 12.2. The molecule has 0 heterocycles. The van der Waals surface area contributed by atoms with Crippen LogP contribution < -0.4 is 5.32 Å². The van der Waals surface area contributed by atoms with E-state index in [0.717, 1.165) is 6.07 Å². The van der Waals surface area contributed by atoms with Crippen molar-refractivity contribution in [2.75, 3.05) is 27.3 Å². The van der Waals surface area contributed by atoms with Gasteiger partial charge in [-0.15, -0.1) is 6.42 Å². The van der Waals surface area contributed by atoms with Crippen LogP contribution >= 0.6 is 11.6 Å². The van der Waals surface area contributed by atoms with Crippen molar-refractivity contribution in [3.05, 3.63) is 28.8 Å². The molecular formula is C14H15ClN2O6S. The van der Waals surface area contributed by atoms with E-state index in [4.69, 9.17) is 22.8 Å². The molecule has 10 heteroatoms. The van der Waals surface area contributed by atoms with E-state index in [1.807, 2.05) is 0 Å². The fourth-order valence-corrected chi connectivity index (χ4v) is 2.95. The summed E-state index contributed by atoms with van der Waals surface area (Å²) < 4.78 is 29.8. The van der Waals surface area contributed by atoms with E-state index < -0.39 is 28.5 Å². The Morgan fingerprint density at radius 2 is 2.08 bits per heavy atom. The number of esters is 1. The van der Waals surface area contributed by atoms with Gasteiger partial charge in [0.25, 0.3) is 15.9 Å². The minimum absolute atomic E-state index is 0.00305. The van der Waals surface area contributed by atoms with Crippen molar-refractivity contribution < 1.29 is 27.6 Å². The molecule has 0 aromatic heterocycles. The molecule has 0 saturated carbocycles. The molecule has 0 aliphatic carbocycles. The Kier molecular flexibility index (Phi) is 7.18. The number of amides is 1. The van der Waals surface area contributed by atoms with Crippen molar-refractivity contribution in [1.29, 1.82) is 0 Å². The lowest BCUT2D eigenvalue weighted by atomic mass is 10.2. The molecule has 1 rings (SSSR count). The third-order valence-electron chi connectivity index (χ3n) is 2.76. The largest absolute Gasteiger partial charge is 0.452 e. The number of ether oxygens (including phenoxy) is 1. The van der Waals surface area contributed by atoms with Crippen LogP contribution in [0.5, 0.6) is 0 Å². The van der Waals surface area contributed by atoms with E-state index >= 15 is 0 Å². The number of halogens is 1. The van der Waals surface area contributed by atoms with Crippen LogP contribution in [-0.2, 0) is 24.4 Å². The zero-order valence-corrected chi connectivity index (χ0v) is 14.5. The Morgan fingerprint density at radius 1 is 1.42 bits per heavy atom. The maximum Gasteiger partial charge on any atom is 0.338 e. The number of hydroxylamine groups is 1. The highest BCUT2D eigenvalue weighted by Gasteiger charge is 2.25. The van der Waals surface area contributed by atoms with E-state index in [1.54, 1.807) is 0 Å². The average Bonchev–Trinajstić information content (AvgIpc) is 2.56. The first-order valence-corrected chi connectivity index (χ1v) is 8.25. The quantitative estimate of drug-likeness (QED) is 0.422. The van der Waals surface area contributed by atoms with Gasteiger partial charge in [-0.25, -0.2) is 13.2 Å². The number of benzene rings is 1. The van der Waals surface area contributed by atoms with Gasteiger partial charge >= 0.3 is 5.97 Å². The molecule has 0 radical (unpaired) electrons. The van der Waals surface area contributed by atoms with Crippen molar-refractivity contribution >= 4 is 33.5 Å². The number of hydrogen-bond donors (Lipinski definition) is 1. The molecule has 0 aliphatic rings. The molecule has 0 saturated heterocycles. The predicted octanol–water partition coefficient (Wildman–Crippen LogP) is 0.428. The van der Waals surface area contributed by atoms with Crippen LogP contribution in [0.25, 0.3) is 0 Å². The van der Waals surface area contributed by atoms with Crippen molar-refractivity contribution in [2.24, 2.45) is 0 Å². The number of hydrogen-bond acceptors (Lipinski definition) is 6. The first-order valence-electron chi connectivity index (χ1n) is 6.44. The van der Waals surface area contributed by atoms with Gasteiger partial charge in [0.2, 0.25) is 0 Å². The Bertz CT molecular complexity index is 772. The van der Waals surface area contributed by atoms with E-state index in [-0.39, 0.29) is 22.0 Å². The second-order valence-electron chi connectivity index (χ2n) is 4.30. The van der Waals surface area contributed by atoms with Crippen LogP contribution in [0.4, 0.5) is 0 Å². The standard InChI is InChI=1S/C14H15ClN2O6S/c1-4-7-16-13(18)9-23-14(19)10-5-6-11(15)12(8-10)24(20,21)17(2)22-3/h1,5-6,8H,7,9H2,2-3H3,(H,16,18). The van der Waals surface area contributed by atoms with E-state index in [1.165, 1.54) is 26.3 Å². The Hall–Kier alpha value is -2.12. The summed E-state index contributed by atoms with van der Waals surface area (Å²) in [7, 11) is -1.71. The van der Waals surface area contributed by atoms with Crippen LogP contribution in [0, 0.1) is 12.3 Å². The van der Waals surface area contributed by atoms with Gasteiger partial charge in [0.1, 0.15) is 4.90 Å². The van der Waals surface area contributed by atoms with E-state index in [0.29, 0.717) is 4.47 Å². The molecule has 1 aromatic carbocycles. The lowest BCUT2D eigenvalue weighted by Crippen LogP contribution is -2.29. The average molecular weight is 375 g/mol. The number of carbonyl (C=O) groups excluding carboxylic acids is 2. The molecule has 0 atom stereocenters. The zero-order chi connectivity index (χ0) is 18.3. The SMILES string of the molecule is C#CCNC(=O)COC(=O)c1ccc(Cl)c(S(=O)(=O)N(C)OC)c1. The summed E-state index contributed by atoms with van der Waals surface area (Å²) in [6.07, 6.45) is 4.98. The van der Waals surface area contributed by atoms with Gasteiger partial charge in [-0.05, 0) is 18.2 Å². The minimum Gasteiger partial charge on any atom is -0.452 e. The van der Waals surface area contributed by atoms with Crippen molar-refractivity contribution in [1.82, 2.24) is 9.79 Å². The molecule has 130 valence electrons. The molecule has 1 amide bonds. The smallest absolute Gasteiger partial charge is 0.338 e. The molecule has 0 unspecified atom stereocenters. The van der Waals surface area contributed by atoms with Crippen LogP contribution in [0.1, 0.15) is 10.4 Å². The summed E-state index contributed by atoms with van der Waals surface area (Å²) >= 11 is 5.87. The van der Waals surface area contributed by atoms with Crippen molar-refractivity contribution in [3.63, 3.8) is 0 Å². The Morgan fingerprint density at radius 3 is 2.67 bits per heavy atom. The summed E-state index contributed by atoms with van der Waals surface area (Å²) in [4.78, 5) is 27.6. The molecule has 0 aliphatic heterocycles. The van der Waals surface area contributed by atoms with Gasteiger partial charge in [0.05, 0.1) is 24.2 Å². The second kappa shape index (κ2) is 8.65. The van der Waals surface area contributed by atoms with E-state index in [9.17, 15) is 18.0 Å². The number of carbonyl (C=O) groups is 2. The highest BCUT2D eigenvalue weighted by atomic mass is 35.5. The second-order valence-corrected chi connectivity index (χ2v) is 6.61. The lowest BCUT2D eigenvalue weighted by molar-refractivity contribution is -0.123. The summed E-state index contributed by atoms with van der Waals surface area (Å²) in [5.74, 6) is 0.723. The molecule has 0 bridgehead atoms. The molecule has 0 fully saturated rings. The van der Waals surface area contributed by atoms with Gasteiger partial charge in [0.15, 0.2) is 6.61 Å². The van der Waals surface area contributed by atoms with E-state index in [2.05, 4.69) is 16.1 Å². The summed E-state index contributed by atoms with van der Waals surface area (Å²) in [5, 5.41) is 2.22. The number of terminal acetylenes is 1. The van der Waals surface area contributed by atoms with Gasteiger partial charge in [-0.1, -0.05) is 22.0 Å². The predicted molar refractivity (Wildman–Crippen MR) is 85.5 cm³/mol. The molecule has 8 nitrogen and oxygen atoms in total. The molecule has 24 heavy (non-hydrogen) atoms. The highest BCUT2D eigenvalue weighted by Crippen LogP contribution is 2.25. The Labute approximate surface area is 144 Å². The van der Waals surface area contributed by atoms with Crippen LogP contribution in [-0.4, -0.2) is 52.1 Å². The fourth-order valence-electron chi connectivity index (χ4n) is 1.48. The van der Waals surface area contributed by atoms with Crippen LogP contribution in [0.15, 0.2) is 23.1 Å². The number of sulfonamides is 1. The third-order valence-corrected chi connectivity index (χ3v) is 4.92. The van der Waals surface area contributed by atoms with Crippen LogP contribution in [0.2, 0.25) is 5.02 Å². The topological polar surface area (TPSA) is 102 Å². The molecular weight excluding hydrogens is 360 g/mol. The van der Waals surface area contributed by atoms with Crippen LogP contribution in [0.3, 0.4) is 0 Å². The molecule has 1 N–H and O–H groups in total. The lowest BCUT2D eigenvalue weighted by Gasteiger charge is -2.15. The van der Waals surface area contributed by atoms with Gasteiger partial charge in [0, 0.05) is 7.05 Å². The summed E-state index contributed by atoms with van der Waals surface area (Å²) in [5.41, 5.74) is -0.0905. The fraction of sp³-hybridized carbons (Fsp3) is 0.286. The zero-order valence-electron chi connectivity index (χ0n) is 12.9.